The normalized spacial score (nSPS) is 12.6. The average Bonchev–Trinajstić information content (AvgIpc) is 2.59. The molecule has 0 fully saturated rings. The SMILES string of the molecule is NC(=O)NC(c1ccc(OC(F)(F)F)cc1)c1ccc2cccc(Cl)c2n1. The summed E-state index contributed by atoms with van der Waals surface area (Å²) in [5, 5.41) is 3.77. The van der Waals surface area contributed by atoms with E-state index in [2.05, 4.69) is 15.0 Å². The molecule has 2 aromatic carbocycles. The molecule has 3 aromatic rings. The summed E-state index contributed by atoms with van der Waals surface area (Å²) in [5.74, 6) is -0.376. The highest BCUT2D eigenvalue weighted by Crippen LogP contribution is 2.29. The van der Waals surface area contributed by atoms with Crippen LogP contribution in [-0.2, 0) is 0 Å². The maximum absolute atomic E-state index is 12.3. The number of benzene rings is 2. The Morgan fingerprint density at radius 2 is 1.81 bits per heavy atom. The summed E-state index contributed by atoms with van der Waals surface area (Å²) in [6.07, 6.45) is -4.79. The van der Waals surface area contributed by atoms with Crippen LogP contribution in [-0.4, -0.2) is 17.4 Å². The van der Waals surface area contributed by atoms with Gasteiger partial charge >= 0.3 is 12.4 Å². The van der Waals surface area contributed by atoms with Crippen molar-refractivity contribution in [3.63, 3.8) is 0 Å². The molecule has 3 N–H and O–H groups in total. The third-order valence-electron chi connectivity index (χ3n) is 3.72. The zero-order valence-corrected chi connectivity index (χ0v) is 14.4. The van der Waals surface area contributed by atoms with Crippen molar-refractivity contribution in [3.8, 4) is 5.75 Å². The molecule has 1 atom stereocenters. The number of fused-ring (bicyclic) bond motifs is 1. The van der Waals surface area contributed by atoms with Crippen LogP contribution >= 0.6 is 11.6 Å². The molecule has 0 saturated heterocycles. The average molecular weight is 396 g/mol. The second-order valence-electron chi connectivity index (χ2n) is 5.61. The molecule has 27 heavy (non-hydrogen) atoms. The number of carbonyl (C=O) groups is 1. The molecule has 0 aliphatic heterocycles. The Kier molecular flexibility index (Phi) is 5.09. The van der Waals surface area contributed by atoms with Crippen molar-refractivity contribution in [1.82, 2.24) is 10.3 Å². The van der Waals surface area contributed by atoms with E-state index in [9.17, 15) is 18.0 Å². The van der Waals surface area contributed by atoms with Crippen LogP contribution in [0.4, 0.5) is 18.0 Å². The number of pyridine rings is 1. The molecule has 9 heteroatoms. The molecule has 0 radical (unpaired) electrons. The molecule has 2 amide bonds. The predicted molar refractivity (Wildman–Crippen MR) is 94.4 cm³/mol. The Bertz CT molecular complexity index is 978. The highest BCUT2D eigenvalue weighted by Gasteiger charge is 2.31. The van der Waals surface area contributed by atoms with Gasteiger partial charge in [0.2, 0.25) is 0 Å². The number of carbonyl (C=O) groups excluding carboxylic acids is 1. The molecule has 1 aromatic heterocycles. The van der Waals surface area contributed by atoms with Crippen molar-refractivity contribution in [2.45, 2.75) is 12.4 Å². The number of nitrogens with one attached hydrogen (secondary N) is 1. The zero-order valence-electron chi connectivity index (χ0n) is 13.6. The second-order valence-corrected chi connectivity index (χ2v) is 6.01. The van der Waals surface area contributed by atoms with E-state index in [1.54, 1.807) is 24.3 Å². The molecule has 1 unspecified atom stereocenters. The third-order valence-corrected chi connectivity index (χ3v) is 4.03. The summed E-state index contributed by atoms with van der Waals surface area (Å²) < 4.78 is 40.8. The number of ether oxygens (including phenoxy) is 1. The van der Waals surface area contributed by atoms with Gasteiger partial charge in [-0.15, -0.1) is 13.2 Å². The lowest BCUT2D eigenvalue weighted by Gasteiger charge is -2.19. The topological polar surface area (TPSA) is 77.2 Å². The summed E-state index contributed by atoms with van der Waals surface area (Å²) in [6.45, 7) is 0. The quantitative estimate of drug-likeness (QED) is 0.680. The number of nitrogens with two attached hydrogens (primary N) is 1. The Morgan fingerprint density at radius 1 is 1.11 bits per heavy atom. The smallest absolute Gasteiger partial charge is 0.406 e. The number of hydrogen-bond donors (Lipinski definition) is 2. The Labute approximate surface area is 156 Å². The van der Waals surface area contributed by atoms with Crippen LogP contribution in [0.5, 0.6) is 5.75 Å². The lowest BCUT2D eigenvalue weighted by Crippen LogP contribution is -2.34. The maximum Gasteiger partial charge on any atom is 0.573 e. The zero-order chi connectivity index (χ0) is 19.6. The number of para-hydroxylation sites is 1. The summed E-state index contributed by atoms with van der Waals surface area (Å²) >= 11 is 6.17. The van der Waals surface area contributed by atoms with E-state index < -0.39 is 18.4 Å². The number of primary amides is 1. The van der Waals surface area contributed by atoms with Gasteiger partial charge in [-0.3, -0.25) is 0 Å². The van der Waals surface area contributed by atoms with Crippen LogP contribution in [0.1, 0.15) is 17.3 Å². The van der Waals surface area contributed by atoms with Gasteiger partial charge in [0.05, 0.1) is 22.3 Å². The minimum Gasteiger partial charge on any atom is -0.406 e. The third kappa shape index (κ3) is 4.59. The van der Waals surface area contributed by atoms with Crippen molar-refractivity contribution in [2.75, 3.05) is 0 Å². The van der Waals surface area contributed by atoms with Gasteiger partial charge in [0, 0.05) is 5.39 Å². The minimum absolute atomic E-state index is 0.376. The van der Waals surface area contributed by atoms with Crippen molar-refractivity contribution in [1.29, 1.82) is 0 Å². The number of urea groups is 1. The van der Waals surface area contributed by atoms with Crippen LogP contribution < -0.4 is 15.8 Å². The molecule has 140 valence electrons. The molecular weight excluding hydrogens is 383 g/mol. The van der Waals surface area contributed by atoms with Crippen molar-refractivity contribution >= 4 is 28.5 Å². The van der Waals surface area contributed by atoms with Crippen molar-refractivity contribution in [3.05, 3.63) is 70.9 Å². The second kappa shape index (κ2) is 7.32. The summed E-state index contributed by atoms with van der Waals surface area (Å²) in [6, 6.07) is 12.2. The van der Waals surface area contributed by atoms with E-state index in [1.165, 1.54) is 12.1 Å². The number of rotatable bonds is 4. The number of alkyl halides is 3. The van der Waals surface area contributed by atoms with E-state index in [0.717, 1.165) is 17.5 Å². The largest absolute Gasteiger partial charge is 0.573 e. The minimum atomic E-state index is -4.79. The first-order valence-corrected chi connectivity index (χ1v) is 8.07. The van der Waals surface area contributed by atoms with Crippen molar-refractivity contribution < 1.29 is 22.7 Å². The molecule has 0 bridgehead atoms. The Balaban J connectivity index is 1.99. The first-order chi connectivity index (χ1) is 12.7. The van der Waals surface area contributed by atoms with Crippen LogP contribution in [0.25, 0.3) is 10.9 Å². The first-order valence-electron chi connectivity index (χ1n) is 7.70. The highest BCUT2D eigenvalue weighted by molar-refractivity contribution is 6.35. The number of amides is 2. The lowest BCUT2D eigenvalue weighted by atomic mass is 10.0. The van der Waals surface area contributed by atoms with Crippen LogP contribution in [0.2, 0.25) is 5.02 Å². The fraction of sp³-hybridized carbons (Fsp3) is 0.111. The van der Waals surface area contributed by atoms with Gasteiger partial charge in [0.15, 0.2) is 0 Å². The predicted octanol–water partition coefficient (Wildman–Crippen LogP) is 4.54. The molecule has 0 aliphatic carbocycles. The Morgan fingerprint density at radius 3 is 2.44 bits per heavy atom. The molecule has 3 rings (SSSR count). The number of hydrogen-bond acceptors (Lipinski definition) is 3. The monoisotopic (exact) mass is 395 g/mol. The molecule has 1 heterocycles. The van der Waals surface area contributed by atoms with Gasteiger partial charge in [-0.1, -0.05) is 41.9 Å². The lowest BCUT2D eigenvalue weighted by molar-refractivity contribution is -0.274. The van der Waals surface area contributed by atoms with Gasteiger partial charge < -0.3 is 15.8 Å². The molecule has 5 nitrogen and oxygen atoms in total. The number of aromatic nitrogens is 1. The van der Waals surface area contributed by atoms with E-state index in [-0.39, 0.29) is 5.75 Å². The van der Waals surface area contributed by atoms with Crippen LogP contribution in [0.3, 0.4) is 0 Å². The highest BCUT2D eigenvalue weighted by atomic mass is 35.5. The van der Waals surface area contributed by atoms with Crippen molar-refractivity contribution in [2.24, 2.45) is 5.73 Å². The van der Waals surface area contributed by atoms with Crippen LogP contribution in [0, 0.1) is 0 Å². The fourth-order valence-corrected chi connectivity index (χ4v) is 2.84. The first kappa shape index (κ1) is 18.8. The molecule has 0 aliphatic rings. The molecule has 0 spiro atoms. The summed E-state index contributed by atoms with van der Waals surface area (Å²) in [4.78, 5) is 15.9. The van der Waals surface area contributed by atoms with E-state index in [1.807, 2.05) is 6.07 Å². The van der Waals surface area contributed by atoms with Crippen LogP contribution in [0.15, 0.2) is 54.6 Å². The summed E-state index contributed by atoms with van der Waals surface area (Å²) in [7, 11) is 0. The molecule has 0 saturated carbocycles. The number of nitrogens with zero attached hydrogens (tertiary/aromatic N) is 1. The van der Waals surface area contributed by atoms with E-state index in [4.69, 9.17) is 17.3 Å². The molecular formula is C18H13ClF3N3O2. The number of halogens is 4. The summed E-state index contributed by atoms with van der Waals surface area (Å²) in [5.41, 5.74) is 6.68. The van der Waals surface area contributed by atoms with E-state index in [0.29, 0.717) is 21.8 Å². The standard InChI is InChI=1S/C18H13ClF3N3O2/c19-13-3-1-2-10-6-9-14(24-15(10)13)16(25-17(23)26)11-4-7-12(8-5-11)27-18(20,21)22/h1-9,16H,(H3,23,25,26). The fourth-order valence-electron chi connectivity index (χ4n) is 2.62. The van der Waals surface area contributed by atoms with Gasteiger partial charge in [0.25, 0.3) is 0 Å². The van der Waals surface area contributed by atoms with Gasteiger partial charge in [0.1, 0.15) is 5.75 Å². The van der Waals surface area contributed by atoms with Gasteiger partial charge in [-0.05, 0) is 29.8 Å². The van der Waals surface area contributed by atoms with Gasteiger partial charge in [-0.2, -0.15) is 0 Å². The van der Waals surface area contributed by atoms with E-state index >= 15 is 0 Å². The Hall–Kier alpha value is -3.00. The maximum atomic E-state index is 12.3. The van der Waals surface area contributed by atoms with Gasteiger partial charge in [-0.25, -0.2) is 9.78 Å².